The van der Waals surface area contributed by atoms with Gasteiger partial charge in [-0.1, -0.05) is 12.1 Å². The summed E-state index contributed by atoms with van der Waals surface area (Å²) in [5, 5.41) is 22.6. The van der Waals surface area contributed by atoms with Crippen molar-refractivity contribution in [1.82, 2.24) is 19.7 Å². The van der Waals surface area contributed by atoms with Gasteiger partial charge >= 0.3 is 0 Å². The zero-order chi connectivity index (χ0) is 22.4. The first-order chi connectivity index (χ1) is 14.8. The van der Waals surface area contributed by atoms with Crippen molar-refractivity contribution in [2.45, 2.75) is 39.5 Å². The Morgan fingerprint density at radius 3 is 2.65 bits per heavy atom. The van der Waals surface area contributed by atoms with Crippen molar-refractivity contribution < 1.29 is 14.3 Å². The van der Waals surface area contributed by atoms with Gasteiger partial charge in [0.1, 0.15) is 11.5 Å². The Morgan fingerprint density at radius 2 is 1.97 bits per heavy atom. The van der Waals surface area contributed by atoms with E-state index in [4.69, 9.17) is 0 Å². The minimum atomic E-state index is -0.732. The predicted molar refractivity (Wildman–Crippen MR) is 116 cm³/mol. The molecule has 9 nitrogen and oxygen atoms in total. The van der Waals surface area contributed by atoms with Crippen molar-refractivity contribution in [3.05, 3.63) is 59.3 Å². The number of anilines is 3. The van der Waals surface area contributed by atoms with Crippen molar-refractivity contribution >= 4 is 23.4 Å². The summed E-state index contributed by atoms with van der Waals surface area (Å²) in [5.41, 5.74) is 2.96. The smallest absolute Gasteiger partial charge is 0.227 e. The molecule has 0 fully saturated rings. The van der Waals surface area contributed by atoms with E-state index in [-0.39, 0.29) is 18.1 Å². The Kier molecular flexibility index (Phi) is 7.14. The number of aliphatic hydroxyl groups is 1. The number of halogens is 1. The number of hydrogen-bond donors (Lipinski definition) is 4. The first kappa shape index (κ1) is 22.2. The fraction of sp³-hybridized carbons (Fsp3) is 0.333. The lowest BCUT2D eigenvalue weighted by Crippen LogP contribution is -2.20. The molecule has 0 bridgehead atoms. The van der Waals surface area contributed by atoms with Crippen LogP contribution in [0.2, 0.25) is 0 Å². The summed E-state index contributed by atoms with van der Waals surface area (Å²) in [6.07, 6.45) is 2.90. The highest BCUT2D eigenvalue weighted by Gasteiger charge is 2.15. The van der Waals surface area contributed by atoms with Crippen LogP contribution in [0.5, 0.6) is 0 Å². The molecule has 3 rings (SSSR count). The number of benzene rings is 1. The molecule has 1 aromatic carbocycles. The fourth-order valence-corrected chi connectivity index (χ4v) is 2.98. The van der Waals surface area contributed by atoms with Gasteiger partial charge in [-0.2, -0.15) is 10.1 Å². The van der Waals surface area contributed by atoms with Gasteiger partial charge in [0.05, 0.1) is 31.0 Å². The number of aliphatic hydroxyl groups excluding tert-OH is 1. The van der Waals surface area contributed by atoms with E-state index in [1.54, 1.807) is 43.9 Å². The molecule has 31 heavy (non-hydrogen) atoms. The Labute approximate surface area is 179 Å². The molecule has 0 saturated heterocycles. The molecular formula is C21H26FN7O2. The molecule has 0 aliphatic rings. The van der Waals surface area contributed by atoms with Crippen LogP contribution in [0.3, 0.4) is 0 Å². The number of carbonyl (C=O) groups is 1. The Hall–Kier alpha value is -3.53. The largest absolute Gasteiger partial charge is 0.393 e. The summed E-state index contributed by atoms with van der Waals surface area (Å²) in [5.74, 6) is 0.300. The number of amides is 1. The van der Waals surface area contributed by atoms with Gasteiger partial charge in [0.2, 0.25) is 11.9 Å². The van der Waals surface area contributed by atoms with Crippen LogP contribution in [0.1, 0.15) is 30.2 Å². The first-order valence-electron chi connectivity index (χ1n) is 9.88. The van der Waals surface area contributed by atoms with Gasteiger partial charge in [-0.15, -0.1) is 0 Å². The predicted octanol–water partition coefficient (Wildman–Crippen LogP) is 2.53. The van der Waals surface area contributed by atoms with E-state index in [1.165, 1.54) is 12.1 Å². The van der Waals surface area contributed by atoms with Crippen LogP contribution in [0.4, 0.5) is 21.8 Å². The molecule has 10 heteroatoms. The van der Waals surface area contributed by atoms with Crippen LogP contribution < -0.4 is 16.0 Å². The number of hydrogen-bond acceptors (Lipinski definition) is 7. The zero-order valence-corrected chi connectivity index (χ0v) is 17.7. The number of nitrogens with zero attached hydrogens (tertiary/aromatic N) is 4. The number of aromatic nitrogens is 4. The first-order valence-corrected chi connectivity index (χ1v) is 9.88. The molecule has 3 aromatic rings. The number of aryl methyl sites for hydroxylation is 1. The molecule has 0 unspecified atom stereocenters. The Bertz CT molecular complexity index is 1030. The maximum atomic E-state index is 13.0. The Balaban J connectivity index is 1.64. The third kappa shape index (κ3) is 6.22. The molecular weight excluding hydrogens is 401 g/mol. The van der Waals surface area contributed by atoms with E-state index in [1.807, 2.05) is 6.20 Å². The lowest BCUT2D eigenvalue weighted by atomic mass is 10.2. The molecule has 0 radical (unpaired) electrons. The second-order valence-electron chi connectivity index (χ2n) is 7.23. The quantitative estimate of drug-likeness (QED) is 0.415. The molecule has 4 N–H and O–H groups in total. The zero-order valence-electron chi connectivity index (χ0n) is 17.7. The van der Waals surface area contributed by atoms with Crippen molar-refractivity contribution in [1.29, 1.82) is 0 Å². The molecule has 0 aliphatic heterocycles. The highest BCUT2D eigenvalue weighted by molar-refractivity contribution is 5.94. The normalized spacial score (nSPS) is 11.8. The van der Waals surface area contributed by atoms with Crippen LogP contribution in [-0.2, 0) is 17.9 Å². The molecule has 1 amide bonds. The second-order valence-corrected chi connectivity index (χ2v) is 7.23. The standard InChI is InChI=1S/C21H26FN7O2/c1-13(30)8-18(31)27-19-14(2)26-21(28-20(19)23-3)24-9-16-10-25-29(12-16)11-15-4-6-17(22)7-5-15/h4-7,10,12-13,30H,8-9,11H2,1-3H3,(H,27,31)(H2,23,24,26,28)/t13-/m1/s1. The van der Waals surface area contributed by atoms with Gasteiger partial charge < -0.3 is 21.1 Å². The molecule has 0 saturated carbocycles. The van der Waals surface area contributed by atoms with E-state index < -0.39 is 6.10 Å². The lowest BCUT2D eigenvalue weighted by molar-refractivity contribution is -0.117. The van der Waals surface area contributed by atoms with Crippen LogP contribution in [0.15, 0.2) is 36.7 Å². The summed E-state index contributed by atoms with van der Waals surface area (Å²) in [7, 11) is 1.70. The maximum Gasteiger partial charge on any atom is 0.227 e. The number of nitrogens with one attached hydrogen (secondary N) is 3. The third-order valence-corrected chi connectivity index (χ3v) is 4.47. The molecule has 0 aliphatic carbocycles. The summed E-state index contributed by atoms with van der Waals surface area (Å²) in [6.45, 7) is 4.32. The lowest BCUT2D eigenvalue weighted by Gasteiger charge is -2.15. The summed E-state index contributed by atoms with van der Waals surface area (Å²) >= 11 is 0. The maximum absolute atomic E-state index is 13.0. The monoisotopic (exact) mass is 427 g/mol. The molecule has 0 spiro atoms. The topological polar surface area (TPSA) is 117 Å². The van der Waals surface area contributed by atoms with Crippen molar-refractivity contribution in [3.63, 3.8) is 0 Å². The van der Waals surface area contributed by atoms with Crippen LogP contribution in [0.25, 0.3) is 0 Å². The molecule has 1 atom stereocenters. The SMILES string of the molecule is CNc1nc(NCc2cnn(Cc3ccc(F)cc3)c2)nc(C)c1NC(=O)C[C@@H](C)O. The minimum Gasteiger partial charge on any atom is -0.393 e. The van der Waals surface area contributed by atoms with Gasteiger partial charge in [0, 0.05) is 25.4 Å². The molecule has 2 aromatic heterocycles. The van der Waals surface area contributed by atoms with Gasteiger partial charge in [0.25, 0.3) is 0 Å². The fourth-order valence-electron chi connectivity index (χ4n) is 2.98. The summed E-state index contributed by atoms with van der Waals surface area (Å²) in [6, 6.07) is 6.31. The van der Waals surface area contributed by atoms with E-state index in [2.05, 4.69) is 31.0 Å². The van der Waals surface area contributed by atoms with Crippen LogP contribution in [-0.4, -0.2) is 43.9 Å². The van der Waals surface area contributed by atoms with Crippen molar-refractivity contribution in [3.8, 4) is 0 Å². The summed E-state index contributed by atoms with van der Waals surface area (Å²) in [4.78, 5) is 20.8. The van der Waals surface area contributed by atoms with Gasteiger partial charge in [0.15, 0.2) is 5.82 Å². The van der Waals surface area contributed by atoms with Crippen LogP contribution in [0, 0.1) is 12.7 Å². The highest BCUT2D eigenvalue weighted by atomic mass is 19.1. The number of rotatable bonds is 9. The van der Waals surface area contributed by atoms with E-state index in [0.29, 0.717) is 36.2 Å². The average molecular weight is 427 g/mol. The van der Waals surface area contributed by atoms with Crippen molar-refractivity contribution in [2.24, 2.45) is 0 Å². The second kappa shape index (κ2) is 9.98. The number of carbonyl (C=O) groups excluding carboxylic acids is 1. The minimum absolute atomic E-state index is 0.00942. The molecule has 2 heterocycles. The molecule has 164 valence electrons. The summed E-state index contributed by atoms with van der Waals surface area (Å²) < 4.78 is 14.8. The van der Waals surface area contributed by atoms with E-state index >= 15 is 0 Å². The third-order valence-electron chi connectivity index (χ3n) is 4.47. The van der Waals surface area contributed by atoms with Gasteiger partial charge in [-0.05, 0) is 31.5 Å². The van der Waals surface area contributed by atoms with Crippen molar-refractivity contribution in [2.75, 3.05) is 23.0 Å². The Morgan fingerprint density at radius 1 is 1.23 bits per heavy atom. The highest BCUT2D eigenvalue weighted by Crippen LogP contribution is 2.24. The van der Waals surface area contributed by atoms with Gasteiger partial charge in [-0.3, -0.25) is 9.48 Å². The van der Waals surface area contributed by atoms with E-state index in [9.17, 15) is 14.3 Å². The average Bonchev–Trinajstić information content (AvgIpc) is 3.16. The van der Waals surface area contributed by atoms with Crippen LogP contribution >= 0.6 is 0 Å². The van der Waals surface area contributed by atoms with Gasteiger partial charge in [-0.25, -0.2) is 9.37 Å². The van der Waals surface area contributed by atoms with E-state index in [0.717, 1.165) is 11.1 Å².